The van der Waals surface area contributed by atoms with Crippen LogP contribution in [-0.2, 0) is 4.74 Å². The highest BCUT2D eigenvalue weighted by Crippen LogP contribution is 2.29. The molecule has 0 aliphatic carbocycles. The van der Waals surface area contributed by atoms with Crippen molar-refractivity contribution in [1.29, 1.82) is 0 Å². The molecule has 1 saturated heterocycles. The normalized spacial score (nSPS) is 19.6. The average molecular weight is 269 g/mol. The summed E-state index contributed by atoms with van der Waals surface area (Å²) in [4.78, 5) is 21.3. The van der Waals surface area contributed by atoms with Crippen molar-refractivity contribution in [2.45, 2.75) is 19.4 Å². The zero-order chi connectivity index (χ0) is 13.3. The quantitative estimate of drug-likeness (QED) is 0.776. The second-order valence-corrected chi connectivity index (χ2v) is 5.93. The average Bonchev–Trinajstić information content (AvgIpc) is 2.94. The Morgan fingerprint density at radius 2 is 2.28 bits per heavy atom. The van der Waals surface area contributed by atoms with E-state index in [-0.39, 0.29) is 5.97 Å². The van der Waals surface area contributed by atoms with Crippen LogP contribution >= 0.6 is 11.3 Å². The molecule has 5 nitrogen and oxygen atoms in total. The lowest BCUT2D eigenvalue weighted by Gasteiger charge is -2.19. The summed E-state index contributed by atoms with van der Waals surface area (Å²) in [5, 5.41) is 0.928. The summed E-state index contributed by atoms with van der Waals surface area (Å²) in [6, 6.07) is 0.566. The number of hydrogen-bond donors (Lipinski definition) is 0. The molecule has 0 aromatic carbocycles. The molecule has 1 aromatic rings. The molecule has 18 heavy (non-hydrogen) atoms. The molecule has 0 saturated carbocycles. The molecule has 0 N–H and O–H groups in total. The van der Waals surface area contributed by atoms with Crippen LogP contribution in [0.3, 0.4) is 0 Å². The summed E-state index contributed by atoms with van der Waals surface area (Å²) < 4.78 is 4.73. The van der Waals surface area contributed by atoms with Gasteiger partial charge in [-0.15, -0.1) is 11.3 Å². The van der Waals surface area contributed by atoms with Gasteiger partial charge in [-0.1, -0.05) is 0 Å². The number of anilines is 1. The van der Waals surface area contributed by atoms with Crippen molar-refractivity contribution in [3.8, 4) is 0 Å². The van der Waals surface area contributed by atoms with E-state index in [0.717, 1.165) is 29.5 Å². The number of aryl methyl sites for hydroxylation is 1. The summed E-state index contributed by atoms with van der Waals surface area (Å²) >= 11 is 1.56. The Hall–Kier alpha value is -1.14. The highest BCUT2D eigenvalue weighted by molar-refractivity contribution is 7.15. The lowest BCUT2D eigenvalue weighted by Crippen LogP contribution is -2.31. The van der Waals surface area contributed by atoms with E-state index >= 15 is 0 Å². The number of carbonyl (C=O) groups excluding carboxylic acids is 1. The third kappa shape index (κ3) is 2.49. The number of carbonyl (C=O) groups is 1. The molecule has 1 fully saturated rings. The van der Waals surface area contributed by atoms with Gasteiger partial charge in [-0.3, -0.25) is 0 Å². The maximum atomic E-state index is 11.5. The number of ether oxygens (including phenoxy) is 1. The maximum Gasteiger partial charge on any atom is 0.357 e. The van der Waals surface area contributed by atoms with Gasteiger partial charge in [-0.05, 0) is 27.4 Å². The Bertz CT molecular complexity index is 445. The summed E-state index contributed by atoms with van der Waals surface area (Å²) in [5.74, 6) is -0.349. The van der Waals surface area contributed by atoms with Crippen LogP contribution in [0.2, 0.25) is 0 Å². The van der Waals surface area contributed by atoms with Crippen molar-refractivity contribution < 1.29 is 9.53 Å². The second-order valence-electron chi connectivity index (χ2n) is 4.74. The van der Waals surface area contributed by atoms with Crippen LogP contribution in [0.1, 0.15) is 21.8 Å². The summed E-state index contributed by atoms with van der Waals surface area (Å²) in [6.45, 7) is 3.88. The van der Waals surface area contributed by atoms with Gasteiger partial charge >= 0.3 is 5.97 Å². The molecule has 0 radical (unpaired) electrons. The summed E-state index contributed by atoms with van der Waals surface area (Å²) in [5.41, 5.74) is 0.450. The van der Waals surface area contributed by atoms with E-state index in [1.807, 2.05) is 6.92 Å². The van der Waals surface area contributed by atoms with E-state index in [1.165, 1.54) is 7.11 Å². The Labute approximate surface area is 111 Å². The number of nitrogens with zero attached hydrogens (tertiary/aromatic N) is 3. The first-order valence-corrected chi connectivity index (χ1v) is 6.81. The predicted octanol–water partition coefficient (Wildman–Crippen LogP) is 1.38. The number of rotatable bonds is 3. The second kappa shape index (κ2) is 5.24. The molecule has 2 heterocycles. The highest BCUT2D eigenvalue weighted by atomic mass is 32.1. The number of aromatic nitrogens is 1. The third-order valence-electron chi connectivity index (χ3n) is 3.33. The first kappa shape index (κ1) is 13.3. The van der Waals surface area contributed by atoms with Crippen molar-refractivity contribution in [3.63, 3.8) is 0 Å². The van der Waals surface area contributed by atoms with Crippen LogP contribution in [0.4, 0.5) is 5.13 Å². The van der Waals surface area contributed by atoms with E-state index in [1.54, 1.807) is 11.3 Å². The molecule has 100 valence electrons. The van der Waals surface area contributed by atoms with Gasteiger partial charge in [0, 0.05) is 24.0 Å². The van der Waals surface area contributed by atoms with E-state index < -0.39 is 0 Å². The van der Waals surface area contributed by atoms with E-state index in [4.69, 9.17) is 4.74 Å². The molecule has 0 spiro atoms. The predicted molar refractivity (Wildman–Crippen MR) is 72.5 cm³/mol. The third-order valence-corrected chi connectivity index (χ3v) is 4.36. The maximum absolute atomic E-state index is 11.5. The van der Waals surface area contributed by atoms with Gasteiger partial charge in [0.2, 0.25) is 0 Å². The summed E-state index contributed by atoms with van der Waals surface area (Å²) in [6.07, 6.45) is 1.14. The fraction of sp³-hybridized carbons (Fsp3) is 0.667. The standard InChI is InChI=1S/C12H19N3O2S/c1-8-10(11(16)17-4)13-12(18-8)15-6-5-9(7-15)14(2)3/h9H,5-7H2,1-4H3. The van der Waals surface area contributed by atoms with Crippen molar-refractivity contribution in [2.75, 3.05) is 39.2 Å². The van der Waals surface area contributed by atoms with Crippen molar-refractivity contribution in [2.24, 2.45) is 0 Å². The first-order chi connectivity index (χ1) is 8.52. The van der Waals surface area contributed by atoms with Gasteiger partial charge in [0.05, 0.1) is 7.11 Å². The first-order valence-electron chi connectivity index (χ1n) is 6.00. The summed E-state index contributed by atoms with van der Waals surface area (Å²) in [7, 11) is 5.58. The Balaban J connectivity index is 2.13. The lowest BCUT2D eigenvalue weighted by molar-refractivity contribution is 0.0594. The van der Waals surface area contributed by atoms with Gasteiger partial charge in [0.1, 0.15) is 0 Å². The minimum Gasteiger partial charge on any atom is -0.464 e. The van der Waals surface area contributed by atoms with Crippen molar-refractivity contribution >= 4 is 22.4 Å². The highest BCUT2D eigenvalue weighted by Gasteiger charge is 2.27. The van der Waals surface area contributed by atoms with Gasteiger partial charge < -0.3 is 14.5 Å². The minimum atomic E-state index is -0.349. The zero-order valence-corrected chi connectivity index (χ0v) is 12.1. The van der Waals surface area contributed by atoms with Gasteiger partial charge in [-0.2, -0.15) is 0 Å². The van der Waals surface area contributed by atoms with Crippen LogP contribution in [0.5, 0.6) is 0 Å². The van der Waals surface area contributed by atoms with Crippen LogP contribution in [0, 0.1) is 6.92 Å². The van der Waals surface area contributed by atoms with Crippen molar-refractivity contribution in [3.05, 3.63) is 10.6 Å². The van der Waals surface area contributed by atoms with Crippen LogP contribution in [0.25, 0.3) is 0 Å². The van der Waals surface area contributed by atoms with E-state index in [9.17, 15) is 4.79 Å². The Morgan fingerprint density at radius 3 is 2.83 bits per heavy atom. The Kier molecular flexibility index (Phi) is 3.87. The van der Waals surface area contributed by atoms with Crippen molar-refractivity contribution in [1.82, 2.24) is 9.88 Å². The molecular formula is C12H19N3O2S. The lowest BCUT2D eigenvalue weighted by atomic mass is 10.2. The number of methoxy groups -OCH3 is 1. The Morgan fingerprint density at radius 1 is 1.56 bits per heavy atom. The van der Waals surface area contributed by atoms with Crippen LogP contribution < -0.4 is 4.90 Å². The molecule has 0 bridgehead atoms. The van der Waals surface area contributed by atoms with Gasteiger partial charge in [0.15, 0.2) is 10.8 Å². The zero-order valence-electron chi connectivity index (χ0n) is 11.3. The number of hydrogen-bond acceptors (Lipinski definition) is 6. The fourth-order valence-electron chi connectivity index (χ4n) is 2.14. The van der Waals surface area contributed by atoms with E-state index in [2.05, 4.69) is 28.9 Å². The SMILES string of the molecule is COC(=O)c1nc(N2CCC(N(C)C)C2)sc1C. The topological polar surface area (TPSA) is 45.7 Å². The van der Waals surface area contributed by atoms with Crippen LogP contribution in [0.15, 0.2) is 0 Å². The molecular weight excluding hydrogens is 250 g/mol. The smallest absolute Gasteiger partial charge is 0.357 e. The van der Waals surface area contributed by atoms with Gasteiger partial charge in [-0.25, -0.2) is 9.78 Å². The molecule has 0 amide bonds. The molecule has 6 heteroatoms. The molecule has 2 rings (SSSR count). The minimum absolute atomic E-state index is 0.349. The molecule has 1 atom stereocenters. The number of thiazole rings is 1. The molecule has 1 unspecified atom stereocenters. The van der Waals surface area contributed by atoms with Crippen LogP contribution in [-0.4, -0.2) is 56.2 Å². The van der Waals surface area contributed by atoms with Gasteiger partial charge in [0.25, 0.3) is 0 Å². The molecule has 1 aromatic heterocycles. The number of likely N-dealkylation sites (N-methyl/N-ethyl adjacent to an activating group) is 1. The monoisotopic (exact) mass is 269 g/mol. The largest absolute Gasteiger partial charge is 0.464 e. The van der Waals surface area contributed by atoms with E-state index in [0.29, 0.717) is 11.7 Å². The molecule has 1 aliphatic heterocycles. The number of esters is 1. The molecule has 1 aliphatic rings. The fourth-order valence-corrected chi connectivity index (χ4v) is 3.07.